The lowest BCUT2D eigenvalue weighted by molar-refractivity contribution is -0.136. The summed E-state index contributed by atoms with van der Waals surface area (Å²) in [6.07, 6.45) is 0. The Balaban J connectivity index is 2.20. The van der Waals surface area contributed by atoms with Crippen LogP contribution in [0.15, 0.2) is 0 Å². The third-order valence-corrected chi connectivity index (χ3v) is 5.97. The van der Waals surface area contributed by atoms with Gasteiger partial charge in [-0.25, -0.2) is 14.8 Å². The molecule has 140 valence electrons. The topological polar surface area (TPSA) is 75.6 Å². The number of anilines is 1. The Morgan fingerprint density at radius 3 is 2.62 bits per heavy atom. The van der Waals surface area contributed by atoms with Crippen LogP contribution in [-0.4, -0.2) is 59.0 Å². The third kappa shape index (κ3) is 2.82. The maximum atomic E-state index is 12.7. The van der Waals surface area contributed by atoms with Crippen molar-refractivity contribution in [2.24, 2.45) is 0 Å². The number of aromatic nitrogens is 2. The average molecular weight is 376 g/mol. The molecule has 0 aromatic carbocycles. The van der Waals surface area contributed by atoms with Crippen molar-refractivity contribution in [3.05, 3.63) is 16.3 Å². The first-order chi connectivity index (χ1) is 12.2. The van der Waals surface area contributed by atoms with Crippen molar-refractivity contribution in [3.8, 4) is 0 Å². The summed E-state index contributed by atoms with van der Waals surface area (Å²) in [4.78, 5) is 39.2. The molecule has 0 unspecified atom stereocenters. The summed E-state index contributed by atoms with van der Waals surface area (Å²) < 4.78 is 5.17. The van der Waals surface area contributed by atoms with Crippen LogP contribution in [0.5, 0.6) is 0 Å². The van der Waals surface area contributed by atoms with E-state index >= 15 is 0 Å². The molecule has 0 saturated carbocycles. The minimum Gasteiger partial charge on any atom is -0.462 e. The van der Waals surface area contributed by atoms with Gasteiger partial charge in [-0.2, -0.15) is 0 Å². The summed E-state index contributed by atoms with van der Waals surface area (Å²) in [6.45, 7) is 10.9. The van der Waals surface area contributed by atoms with Crippen LogP contribution in [0.3, 0.4) is 0 Å². The summed E-state index contributed by atoms with van der Waals surface area (Å²) in [5.41, 5.74) is 0.0831. The number of fused-ring (bicyclic) bond motifs is 1. The van der Waals surface area contributed by atoms with E-state index in [1.54, 1.807) is 11.8 Å². The molecular formula is C18H24N4O3S. The predicted molar refractivity (Wildman–Crippen MR) is 102 cm³/mol. The van der Waals surface area contributed by atoms with E-state index in [1.165, 1.54) is 11.3 Å². The second-order valence-corrected chi connectivity index (χ2v) is 7.99. The Bertz CT molecular complexity index is 890. The fourth-order valence-electron chi connectivity index (χ4n) is 3.39. The van der Waals surface area contributed by atoms with E-state index < -0.39 is 5.54 Å². The second kappa shape index (κ2) is 6.50. The molecule has 7 nitrogen and oxygen atoms in total. The molecule has 3 rings (SSSR count). The van der Waals surface area contributed by atoms with E-state index in [0.717, 1.165) is 15.8 Å². The highest BCUT2D eigenvalue weighted by Crippen LogP contribution is 2.39. The van der Waals surface area contributed by atoms with Gasteiger partial charge in [-0.15, -0.1) is 11.3 Å². The molecule has 0 radical (unpaired) electrons. The molecule has 2 aromatic heterocycles. The van der Waals surface area contributed by atoms with E-state index in [2.05, 4.69) is 9.97 Å². The van der Waals surface area contributed by atoms with Crippen molar-refractivity contribution in [1.82, 2.24) is 14.9 Å². The standard InChI is InChI=1S/C18H24N4O3S/c1-7-25-16(23)13-10(2)12-14(19-11(3)20-15(12)26-13)22-9-8-21(6)17(24)18(22,4)5/h7-9H2,1-6H3. The Kier molecular flexibility index (Phi) is 4.64. The van der Waals surface area contributed by atoms with Gasteiger partial charge in [0.05, 0.1) is 12.0 Å². The molecule has 1 fully saturated rings. The van der Waals surface area contributed by atoms with Gasteiger partial charge in [0.15, 0.2) is 0 Å². The van der Waals surface area contributed by atoms with Gasteiger partial charge in [-0.05, 0) is 40.2 Å². The Labute approximate surface area is 157 Å². The van der Waals surface area contributed by atoms with Crippen molar-refractivity contribution >= 4 is 39.2 Å². The highest BCUT2D eigenvalue weighted by molar-refractivity contribution is 7.20. The number of thiophene rings is 1. The molecule has 3 heterocycles. The molecule has 1 saturated heterocycles. The first-order valence-corrected chi connectivity index (χ1v) is 9.48. The lowest BCUT2D eigenvalue weighted by Gasteiger charge is -2.45. The van der Waals surface area contributed by atoms with Gasteiger partial charge in [-0.3, -0.25) is 4.79 Å². The highest BCUT2D eigenvalue weighted by Gasteiger charge is 2.42. The molecule has 0 spiro atoms. The summed E-state index contributed by atoms with van der Waals surface area (Å²) in [7, 11) is 1.82. The summed E-state index contributed by atoms with van der Waals surface area (Å²) in [5.74, 6) is 1.03. The smallest absolute Gasteiger partial charge is 0.348 e. The van der Waals surface area contributed by atoms with Crippen molar-refractivity contribution in [1.29, 1.82) is 0 Å². The number of hydrogen-bond donors (Lipinski definition) is 0. The number of hydrogen-bond acceptors (Lipinski definition) is 7. The van der Waals surface area contributed by atoms with Crippen LogP contribution in [0.1, 0.15) is 41.8 Å². The zero-order chi connectivity index (χ0) is 19.2. The number of ether oxygens (including phenoxy) is 1. The Morgan fingerprint density at radius 1 is 1.27 bits per heavy atom. The first-order valence-electron chi connectivity index (χ1n) is 8.66. The average Bonchev–Trinajstić information content (AvgIpc) is 2.89. The van der Waals surface area contributed by atoms with E-state index in [1.807, 2.05) is 39.6 Å². The van der Waals surface area contributed by atoms with E-state index in [0.29, 0.717) is 36.2 Å². The number of nitrogens with zero attached hydrogens (tertiary/aromatic N) is 4. The first kappa shape index (κ1) is 18.6. The van der Waals surface area contributed by atoms with Crippen LogP contribution in [0.2, 0.25) is 0 Å². The highest BCUT2D eigenvalue weighted by atomic mass is 32.1. The number of piperazine rings is 1. The molecular weight excluding hydrogens is 352 g/mol. The Hall–Kier alpha value is -2.22. The maximum Gasteiger partial charge on any atom is 0.348 e. The normalized spacial score (nSPS) is 17.1. The van der Waals surface area contributed by atoms with E-state index in [-0.39, 0.29) is 11.9 Å². The molecule has 0 atom stereocenters. The minimum absolute atomic E-state index is 0.0478. The number of carbonyl (C=O) groups excluding carboxylic acids is 2. The number of aryl methyl sites for hydroxylation is 2. The van der Waals surface area contributed by atoms with E-state index in [4.69, 9.17) is 4.74 Å². The lowest BCUT2D eigenvalue weighted by atomic mass is 9.97. The van der Waals surface area contributed by atoms with E-state index in [9.17, 15) is 9.59 Å². The molecule has 1 amide bonds. The van der Waals surface area contributed by atoms with Gasteiger partial charge < -0.3 is 14.5 Å². The fourth-order valence-corrected chi connectivity index (χ4v) is 4.51. The molecule has 1 aliphatic rings. The molecule has 2 aromatic rings. The van der Waals surface area contributed by atoms with Crippen molar-refractivity contribution < 1.29 is 14.3 Å². The fraction of sp³-hybridized carbons (Fsp3) is 0.556. The number of amides is 1. The molecule has 0 N–H and O–H groups in total. The SMILES string of the molecule is CCOC(=O)c1sc2nc(C)nc(N3CCN(C)C(=O)C3(C)C)c2c1C. The summed E-state index contributed by atoms with van der Waals surface area (Å²) in [6, 6.07) is 0. The van der Waals surface area contributed by atoms with Crippen LogP contribution in [0.25, 0.3) is 10.2 Å². The molecule has 0 aliphatic carbocycles. The maximum absolute atomic E-state index is 12.7. The number of esters is 1. The molecule has 1 aliphatic heterocycles. The summed E-state index contributed by atoms with van der Waals surface area (Å²) in [5, 5.41) is 0.828. The third-order valence-electron chi connectivity index (χ3n) is 4.80. The Morgan fingerprint density at radius 2 is 1.96 bits per heavy atom. The van der Waals surface area contributed by atoms with Gasteiger partial charge in [0.1, 0.15) is 26.9 Å². The van der Waals surface area contributed by atoms with Crippen LogP contribution < -0.4 is 4.90 Å². The van der Waals surface area contributed by atoms with Crippen LogP contribution in [-0.2, 0) is 9.53 Å². The van der Waals surface area contributed by atoms with Crippen LogP contribution >= 0.6 is 11.3 Å². The number of likely N-dealkylation sites (N-methyl/N-ethyl adjacent to an activating group) is 1. The van der Waals surface area contributed by atoms with Crippen molar-refractivity contribution in [3.63, 3.8) is 0 Å². The van der Waals surface area contributed by atoms with Gasteiger partial charge >= 0.3 is 5.97 Å². The van der Waals surface area contributed by atoms with Crippen molar-refractivity contribution in [2.75, 3.05) is 31.6 Å². The van der Waals surface area contributed by atoms with Gasteiger partial charge in [-0.1, -0.05) is 0 Å². The molecule has 26 heavy (non-hydrogen) atoms. The quantitative estimate of drug-likeness (QED) is 0.767. The van der Waals surface area contributed by atoms with Crippen molar-refractivity contribution in [2.45, 2.75) is 40.2 Å². The largest absolute Gasteiger partial charge is 0.462 e. The van der Waals surface area contributed by atoms with Gasteiger partial charge in [0.25, 0.3) is 0 Å². The predicted octanol–water partition coefficient (Wildman–Crippen LogP) is 2.54. The minimum atomic E-state index is -0.723. The molecule has 0 bridgehead atoms. The molecule has 8 heteroatoms. The van der Waals surface area contributed by atoms with Crippen LogP contribution in [0, 0.1) is 13.8 Å². The van der Waals surface area contributed by atoms with Gasteiger partial charge in [0.2, 0.25) is 5.91 Å². The summed E-state index contributed by atoms with van der Waals surface area (Å²) >= 11 is 1.32. The van der Waals surface area contributed by atoms with Crippen LogP contribution in [0.4, 0.5) is 5.82 Å². The zero-order valence-electron chi connectivity index (χ0n) is 16.0. The number of rotatable bonds is 3. The number of carbonyl (C=O) groups is 2. The lowest BCUT2D eigenvalue weighted by Crippen LogP contribution is -2.62. The second-order valence-electron chi connectivity index (χ2n) is 6.99. The monoisotopic (exact) mass is 376 g/mol. The zero-order valence-corrected chi connectivity index (χ0v) is 16.9. The van der Waals surface area contributed by atoms with Gasteiger partial charge in [0, 0.05) is 20.1 Å².